The van der Waals surface area contributed by atoms with E-state index >= 15 is 0 Å². The Morgan fingerprint density at radius 1 is 0.906 bits per heavy atom. The molecule has 0 unspecified atom stereocenters. The molecule has 0 aromatic heterocycles. The molecule has 0 saturated carbocycles. The highest BCUT2D eigenvalue weighted by atomic mass is 16.5. The first-order valence-electron chi connectivity index (χ1n) is 10.2. The van der Waals surface area contributed by atoms with Gasteiger partial charge in [-0.3, -0.25) is 9.59 Å². The minimum atomic E-state index is -0.291. The van der Waals surface area contributed by atoms with Gasteiger partial charge in [0.1, 0.15) is 11.5 Å². The van der Waals surface area contributed by atoms with Crippen molar-refractivity contribution in [2.24, 2.45) is 0 Å². The molecule has 0 heterocycles. The number of hydrogen-bond donors (Lipinski definition) is 2. The number of nitrogens with zero attached hydrogens (tertiary/aromatic N) is 1. The Balaban J connectivity index is 1.46. The van der Waals surface area contributed by atoms with Crippen molar-refractivity contribution < 1.29 is 19.1 Å². The van der Waals surface area contributed by atoms with Crippen molar-refractivity contribution in [1.29, 1.82) is 0 Å². The molecule has 0 fully saturated rings. The Morgan fingerprint density at radius 3 is 2.28 bits per heavy atom. The number of anilines is 2. The second-order valence-electron chi connectivity index (χ2n) is 7.34. The van der Waals surface area contributed by atoms with Crippen LogP contribution >= 0.6 is 0 Å². The highest BCUT2D eigenvalue weighted by molar-refractivity contribution is 5.94. The molecule has 0 bridgehead atoms. The van der Waals surface area contributed by atoms with Crippen LogP contribution in [-0.4, -0.2) is 39.6 Å². The monoisotopic (exact) mass is 433 g/mol. The predicted octanol–water partition coefficient (Wildman–Crippen LogP) is 3.71. The third-order valence-electron chi connectivity index (χ3n) is 4.75. The maximum absolute atomic E-state index is 12.4. The van der Waals surface area contributed by atoms with Crippen LogP contribution in [0.15, 0.2) is 72.8 Å². The molecule has 0 saturated heterocycles. The molecule has 32 heavy (non-hydrogen) atoms. The Kier molecular flexibility index (Phi) is 7.70. The van der Waals surface area contributed by atoms with Gasteiger partial charge in [0.15, 0.2) is 6.61 Å². The van der Waals surface area contributed by atoms with E-state index < -0.39 is 0 Å². The number of carbonyl (C=O) groups excluding carboxylic acids is 2. The first-order valence-corrected chi connectivity index (χ1v) is 10.2. The summed E-state index contributed by atoms with van der Waals surface area (Å²) in [7, 11) is 5.53. The van der Waals surface area contributed by atoms with Gasteiger partial charge in [-0.25, -0.2) is 0 Å². The number of carbonyl (C=O) groups is 2. The van der Waals surface area contributed by atoms with Crippen molar-refractivity contribution in [2.75, 3.05) is 38.0 Å². The molecule has 0 radical (unpaired) electrons. The molecule has 7 heteroatoms. The minimum Gasteiger partial charge on any atom is -0.497 e. The van der Waals surface area contributed by atoms with Gasteiger partial charge < -0.3 is 25.0 Å². The fraction of sp³-hybridized carbons (Fsp3) is 0.200. The zero-order valence-corrected chi connectivity index (χ0v) is 18.4. The summed E-state index contributed by atoms with van der Waals surface area (Å²) < 4.78 is 10.6. The van der Waals surface area contributed by atoms with E-state index in [1.165, 1.54) is 0 Å². The molecule has 0 aliphatic heterocycles. The summed E-state index contributed by atoms with van der Waals surface area (Å²) in [5.74, 6) is 0.689. The molecular formula is C25H27N3O4. The summed E-state index contributed by atoms with van der Waals surface area (Å²) in [5.41, 5.74) is 3.27. The molecule has 2 N–H and O–H groups in total. The van der Waals surface area contributed by atoms with E-state index in [0.29, 0.717) is 29.3 Å². The lowest BCUT2D eigenvalue weighted by Crippen LogP contribution is -2.23. The Bertz CT molecular complexity index is 1050. The van der Waals surface area contributed by atoms with Crippen LogP contribution in [0.3, 0.4) is 0 Å². The van der Waals surface area contributed by atoms with Crippen molar-refractivity contribution >= 4 is 23.2 Å². The van der Waals surface area contributed by atoms with Gasteiger partial charge in [-0.2, -0.15) is 0 Å². The number of methoxy groups -OCH3 is 1. The summed E-state index contributed by atoms with van der Waals surface area (Å²) in [6.45, 7) is 0.293. The standard InChI is InChI=1S/C25H27N3O4/c1-28(2)21-11-7-18(8-12-21)16-26-25(30)19-9-13-22(14-10-19)32-17-24(29)27-20-5-4-6-23(15-20)31-3/h4-15H,16-17H2,1-3H3,(H,26,30)(H,27,29). The Morgan fingerprint density at radius 2 is 1.62 bits per heavy atom. The molecule has 0 aliphatic carbocycles. The second-order valence-corrected chi connectivity index (χ2v) is 7.34. The predicted molar refractivity (Wildman–Crippen MR) is 125 cm³/mol. The summed E-state index contributed by atoms with van der Waals surface area (Å²) in [6.07, 6.45) is 0. The van der Waals surface area contributed by atoms with Gasteiger partial charge in [0.2, 0.25) is 0 Å². The average Bonchev–Trinajstić information content (AvgIpc) is 2.82. The van der Waals surface area contributed by atoms with Gasteiger partial charge in [-0.05, 0) is 54.1 Å². The van der Waals surface area contributed by atoms with Crippen LogP contribution in [0.4, 0.5) is 11.4 Å². The lowest BCUT2D eigenvalue weighted by molar-refractivity contribution is -0.118. The van der Waals surface area contributed by atoms with E-state index in [1.54, 1.807) is 55.6 Å². The van der Waals surface area contributed by atoms with Crippen molar-refractivity contribution in [1.82, 2.24) is 5.32 Å². The van der Waals surface area contributed by atoms with Crippen molar-refractivity contribution in [3.05, 3.63) is 83.9 Å². The Labute approximate surface area is 188 Å². The van der Waals surface area contributed by atoms with Gasteiger partial charge >= 0.3 is 0 Å². The minimum absolute atomic E-state index is 0.147. The average molecular weight is 434 g/mol. The fourth-order valence-electron chi connectivity index (χ4n) is 2.95. The van der Waals surface area contributed by atoms with Gasteiger partial charge in [0, 0.05) is 43.6 Å². The maximum Gasteiger partial charge on any atom is 0.262 e. The van der Waals surface area contributed by atoms with E-state index in [-0.39, 0.29) is 18.4 Å². The van der Waals surface area contributed by atoms with Crippen molar-refractivity contribution in [2.45, 2.75) is 6.54 Å². The first kappa shape index (κ1) is 22.7. The number of hydrogen-bond acceptors (Lipinski definition) is 5. The zero-order valence-electron chi connectivity index (χ0n) is 18.4. The fourth-order valence-corrected chi connectivity index (χ4v) is 2.95. The summed E-state index contributed by atoms with van der Waals surface area (Å²) >= 11 is 0. The molecule has 3 rings (SSSR count). The number of nitrogens with one attached hydrogen (secondary N) is 2. The first-order chi connectivity index (χ1) is 15.4. The van der Waals surface area contributed by atoms with Crippen LogP contribution < -0.4 is 25.0 Å². The number of benzene rings is 3. The van der Waals surface area contributed by atoms with Crippen LogP contribution in [0.25, 0.3) is 0 Å². The van der Waals surface area contributed by atoms with Crippen LogP contribution in [0.1, 0.15) is 15.9 Å². The van der Waals surface area contributed by atoms with Crippen LogP contribution in [0.5, 0.6) is 11.5 Å². The topological polar surface area (TPSA) is 79.9 Å². The van der Waals surface area contributed by atoms with E-state index in [2.05, 4.69) is 10.6 Å². The molecular weight excluding hydrogens is 406 g/mol. The van der Waals surface area contributed by atoms with Crippen LogP contribution in [-0.2, 0) is 11.3 Å². The van der Waals surface area contributed by atoms with E-state index in [0.717, 1.165) is 11.3 Å². The molecule has 3 aromatic carbocycles. The third-order valence-corrected chi connectivity index (χ3v) is 4.75. The molecule has 7 nitrogen and oxygen atoms in total. The molecule has 3 aromatic rings. The SMILES string of the molecule is COc1cccc(NC(=O)COc2ccc(C(=O)NCc3ccc(N(C)C)cc3)cc2)c1. The van der Waals surface area contributed by atoms with E-state index in [9.17, 15) is 9.59 Å². The zero-order chi connectivity index (χ0) is 22.9. The Hall–Kier alpha value is -4.00. The summed E-state index contributed by atoms with van der Waals surface area (Å²) in [4.78, 5) is 26.5. The van der Waals surface area contributed by atoms with Crippen LogP contribution in [0.2, 0.25) is 0 Å². The van der Waals surface area contributed by atoms with Gasteiger partial charge in [-0.1, -0.05) is 18.2 Å². The lowest BCUT2D eigenvalue weighted by Gasteiger charge is -2.13. The van der Waals surface area contributed by atoms with Gasteiger partial charge in [0.25, 0.3) is 11.8 Å². The number of ether oxygens (including phenoxy) is 2. The van der Waals surface area contributed by atoms with E-state index in [1.807, 2.05) is 43.3 Å². The summed E-state index contributed by atoms with van der Waals surface area (Å²) in [6, 6.07) is 21.7. The number of amides is 2. The van der Waals surface area contributed by atoms with Crippen molar-refractivity contribution in [3.63, 3.8) is 0 Å². The highest BCUT2D eigenvalue weighted by Gasteiger charge is 2.08. The normalized spacial score (nSPS) is 10.2. The molecule has 0 atom stereocenters. The van der Waals surface area contributed by atoms with Crippen LogP contribution in [0, 0.1) is 0 Å². The smallest absolute Gasteiger partial charge is 0.262 e. The van der Waals surface area contributed by atoms with Crippen molar-refractivity contribution in [3.8, 4) is 11.5 Å². The maximum atomic E-state index is 12.4. The summed E-state index contributed by atoms with van der Waals surface area (Å²) in [5, 5.41) is 5.65. The van der Waals surface area contributed by atoms with Gasteiger partial charge in [0.05, 0.1) is 7.11 Å². The number of rotatable bonds is 9. The lowest BCUT2D eigenvalue weighted by atomic mass is 10.1. The van der Waals surface area contributed by atoms with Gasteiger partial charge in [-0.15, -0.1) is 0 Å². The molecule has 2 amide bonds. The molecule has 0 spiro atoms. The second kappa shape index (κ2) is 10.9. The quantitative estimate of drug-likeness (QED) is 0.538. The van der Waals surface area contributed by atoms with E-state index in [4.69, 9.17) is 9.47 Å². The molecule has 166 valence electrons. The highest BCUT2D eigenvalue weighted by Crippen LogP contribution is 2.17. The largest absolute Gasteiger partial charge is 0.497 e. The molecule has 0 aliphatic rings. The third kappa shape index (κ3) is 6.50.